The number of ether oxygens (including phenoxy) is 8. The molecule has 2 aliphatic rings. The molecule has 0 saturated carbocycles. The highest BCUT2D eigenvalue weighted by atomic mass is 32.2. The quantitative estimate of drug-likeness (QED) is 0.0594. The summed E-state index contributed by atoms with van der Waals surface area (Å²) in [7, 11) is 8.19. The van der Waals surface area contributed by atoms with Gasteiger partial charge < -0.3 is 48.1 Å². The van der Waals surface area contributed by atoms with Crippen molar-refractivity contribution in [1.29, 1.82) is 0 Å². The molecule has 12 nitrogen and oxygen atoms in total. The SMILES string of the molecule is COc1ccccc1/C=C/C1=CC(CS(=O)(=O)CC2=CC(O)(/C=C/c3ccccc3OC)C(/C=C/c3ccccc3OC)(OC)C(/C=C/c3ccccc3OC)=C2)=CC(O)(/C=C/c2ccccc2OC)C1(/C=C/c1ccccc1OC)OC. The zero-order chi connectivity index (χ0) is 59.1. The fraction of sp³-hybridized carbons (Fsp3) is 0.200. The Hall–Kier alpha value is -8.69. The van der Waals surface area contributed by atoms with Crippen molar-refractivity contribution in [2.75, 3.05) is 68.4 Å². The highest BCUT2D eigenvalue weighted by Gasteiger charge is 2.53. The standard InChI is InChI=1S/C70H70O12S/c1-75-61-27-15-9-21-53(61)33-35-59-45-51(47-67(71,41-37-55-23-11-17-29-63(55)77-3)69(59,81-7)43-39-57-25-13-19-31-65(57)79-5)49-83(73,74)50-52-46-60(36-34-54-22-10-16-28-62(54)76-2)70(82-8,44-40-58-26-14-20-32-66(58)80-6)68(72,48-52)42-38-56-24-12-18-30-64(56)78-4/h9-48,71-72H,49-50H2,1-8H3/b35-33+,36-34+,41-37+,42-38+,43-39+,44-40+. The largest absolute Gasteiger partial charge is 0.496 e. The Kier molecular flexibility index (Phi) is 19.6. The van der Waals surface area contributed by atoms with Gasteiger partial charge in [0.2, 0.25) is 0 Å². The van der Waals surface area contributed by atoms with Crippen LogP contribution in [0.3, 0.4) is 0 Å². The zero-order valence-electron chi connectivity index (χ0n) is 47.9. The van der Waals surface area contributed by atoms with Gasteiger partial charge in [0, 0.05) is 47.6 Å². The molecule has 428 valence electrons. The van der Waals surface area contributed by atoms with Crippen molar-refractivity contribution in [3.8, 4) is 34.5 Å². The smallest absolute Gasteiger partial charge is 0.158 e. The highest BCUT2D eigenvalue weighted by molar-refractivity contribution is 7.91. The number of benzene rings is 6. The van der Waals surface area contributed by atoms with Gasteiger partial charge in [-0.05, 0) is 95.1 Å². The predicted octanol–water partition coefficient (Wildman–Crippen LogP) is 12.7. The van der Waals surface area contributed by atoms with E-state index >= 15 is 8.42 Å². The molecule has 6 aromatic carbocycles. The fourth-order valence-corrected chi connectivity index (χ4v) is 12.0. The van der Waals surface area contributed by atoms with Crippen molar-refractivity contribution in [2.45, 2.75) is 22.4 Å². The van der Waals surface area contributed by atoms with Crippen molar-refractivity contribution in [3.05, 3.63) is 262 Å². The Morgan fingerprint density at radius 2 is 0.590 bits per heavy atom. The summed E-state index contributed by atoms with van der Waals surface area (Å²) in [4.78, 5) is 0. The van der Waals surface area contributed by atoms with Crippen LogP contribution in [0.25, 0.3) is 36.5 Å². The molecule has 2 aliphatic carbocycles. The van der Waals surface area contributed by atoms with Gasteiger partial charge in [-0.15, -0.1) is 0 Å². The van der Waals surface area contributed by atoms with Gasteiger partial charge in [-0.25, -0.2) is 8.42 Å². The normalized spacial score (nSPS) is 21.1. The topological polar surface area (TPSA) is 148 Å². The lowest BCUT2D eigenvalue weighted by Gasteiger charge is -2.45. The van der Waals surface area contributed by atoms with Gasteiger partial charge in [0.25, 0.3) is 0 Å². The molecule has 0 radical (unpaired) electrons. The highest BCUT2D eigenvalue weighted by Crippen LogP contribution is 2.47. The van der Waals surface area contributed by atoms with E-state index in [-0.39, 0.29) is 11.1 Å². The van der Waals surface area contributed by atoms with Crippen LogP contribution in [0, 0.1) is 0 Å². The first-order chi connectivity index (χ1) is 40.2. The van der Waals surface area contributed by atoms with Gasteiger partial charge in [0.1, 0.15) is 56.9 Å². The molecule has 0 amide bonds. The van der Waals surface area contributed by atoms with Crippen LogP contribution in [0.4, 0.5) is 0 Å². The fourth-order valence-electron chi connectivity index (χ4n) is 10.5. The summed E-state index contributed by atoms with van der Waals surface area (Å²) in [6, 6.07) is 44.5. The molecule has 4 atom stereocenters. The monoisotopic (exact) mass is 1130 g/mol. The van der Waals surface area contributed by atoms with Gasteiger partial charge in [-0.2, -0.15) is 0 Å². The van der Waals surface area contributed by atoms with Crippen molar-refractivity contribution >= 4 is 46.3 Å². The van der Waals surface area contributed by atoms with Crippen LogP contribution in [0.1, 0.15) is 33.4 Å². The molecule has 0 saturated heterocycles. The maximum Gasteiger partial charge on any atom is 0.158 e. The number of methoxy groups -OCH3 is 8. The minimum atomic E-state index is -4.23. The zero-order valence-corrected chi connectivity index (χ0v) is 48.7. The lowest BCUT2D eigenvalue weighted by molar-refractivity contribution is -0.0636. The number of sulfone groups is 1. The Balaban J connectivity index is 1.31. The summed E-state index contributed by atoms with van der Waals surface area (Å²) in [6.45, 7) is 0. The van der Waals surface area contributed by atoms with Crippen LogP contribution < -0.4 is 28.4 Å². The average molecular weight is 1140 g/mol. The van der Waals surface area contributed by atoms with Crippen LogP contribution in [-0.4, -0.2) is 109 Å². The molecule has 0 aliphatic heterocycles. The van der Waals surface area contributed by atoms with Crippen molar-refractivity contribution in [3.63, 3.8) is 0 Å². The molecule has 4 unspecified atom stereocenters. The second-order valence-electron chi connectivity index (χ2n) is 19.7. The first kappa shape index (κ1) is 60.4. The van der Waals surface area contributed by atoms with E-state index in [9.17, 15) is 10.2 Å². The molecular formula is C70H70O12S. The van der Waals surface area contributed by atoms with E-state index < -0.39 is 43.7 Å². The lowest BCUT2D eigenvalue weighted by atomic mass is 9.71. The van der Waals surface area contributed by atoms with Gasteiger partial charge in [0.05, 0.1) is 54.2 Å². The van der Waals surface area contributed by atoms with E-state index in [0.717, 1.165) is 11.1 Å². The van der Waals surface area contributed by atoms with Crippen molar-refractivity contribution in [2.24, 2.45) is 0 Å². The van der Waals surface area contributed by atoms with E-state index in [1.165, 1.54) is 26.4 Å². The molecule has 83 heavy (non-hydrogen) atoms. The molecule has 2 N–H and O–H groups in total. The van der Waals surface area contributed by atoms with Gasteiger partial charge >= 0.3 is 0 Å². The molecule has 0 aromatic heterocycles. The van der Waals surface area contributed by atoms with Crippen LogP contribution >= 0.6 is 0 Å². The summed E-state index contributed by atoms with van der Waals surface area (Å²) in [6.07, 6.45) is 27.5. The molecule has 6 aromatic rings. The summed E-state index contributed by atoms with van der Waals surface area (Å²) >= 11 is 0. The predicted molar refractivity (Wildman–Crippen MR) is 333 cm³/mol. The Bertz CT molecular complexity index is 3480. The molecule has 0 bridgehead atoms. The van der Waals surface area contributed by atoms with Crippen molar-refractivity contribution < 1.29 is 56.5 Å². The third-order valence-corrected chi connectivity index (χ3v) is 16.3. The second-order valence-corrected chi connectivity index (χ2v) is 21.7. The van der Waals surface area contributed by atoms with E-state index in [1.807, 2.05) is 158 Å². The Labute approximate surface area is 487 Å². The maximum atomic E-state index is 15.3. The summed E-state index contributed by atoms with van der Waals surface area (Å²) in [5.41, 5.74) is -2.15. The summed E-state index contributed by atoms with van der Waals surface area (Å²) in [5.74, 6) is 2.32. The third kappa shape index (κ3) is 13.3. The number of hydrogen-bond acceptors (Lipinski definition) is 12. The van der Waals surface area contributed by atoms with E-state index in [2.05, 4.69) is 0 Å². The van der Waals surface area contributed by atoms with E-state index in [0.29, 0.717) is 67.9 Å². The second kappa shape index (κ2) is 26.9. The Morgan fingerprint density at radius 1 is 0.349 bits per heavy atom. The van der Waals surface area contributed by atoms with E-state index in [1.54, 1.807) is 116 Å². The molecule has 0 fully saturated rings. The first-order valence-corrected chi connectivity index (χ1v) is 28.5. The molecule has 8 rings (SSSR count). The van der Waals surface area contributed by atoms with Crippen molar-refractivity contribution in [1.82, 2.24) is 0 Å². The molecule has 0 heterocycles. The summed E-state index contributed by atoms with van der Waals surface area (Å²) < 4.78 is 78.1. The van der Waals surface area contributed by atoms with Gasteiger partial charge in [-0.1, -0.05) is 170 Å². The number of para-hydroxylation sites is 6. The van der Waals surface area contributed by atoms with Crippen LogP contribution in [0.2, 0.25) is 0 Å². The first-order valence-electron chi connectivity index (χ1n) is 26.7. The Morgan fingerprint density at radius 3 is 0.843 bits per heavy atom. The average Bonchev–Trinajstić information content (AvgIpc) is 2.31. The molecule has 0 spiro atoms. The number of aliphatic hydroxyl groups is 2. The minimum absolute atomic E-state index is 0.254. The number of hydrogen-bond donors (Lipinski definition) is 2. The summed E-state index contributed by atoms with van der Waals surface area (Å²) in [5, 5.41) is 27.2. The van der Waals surface area contributed by atoms with Crippen LogP contribution in [0.5, 0.6) is 34.5 Å². The number of rotatable bonds is 24. The molecular weight excluding hydrogens is 1060 g/mol. The maximum absolute atomic E-state index is 15.3. The van der Waals surface area contributed by atoms with E-state index in [4.69, 9.17) is 37.9 Å². The molecule has 13 heteroatoms. The van der Waals surface area contributed by atoms with Gasteiger partial charge in [-0.3, -0.25) is 0 Å². The van der Waals surface area contributed by atoms with Crippen LogP contribution in [0.15, 0.2) is 229 Å². The van der Waals surface area contributed by atoms with Crippen LogP contribution in [-0.2, 0) is 19.3 Å². The van der Waals surface area contributed by atoms with Gasteiger partial charge in [0.15, 0.2) is 9.84 Å². The minimum Gasteiger partial charge on any atom is -0.496 e. The lowest BCUT2D eigenvalue weighted by Crippen LogP contribution is -2.55. The number of allylic oxidation sites excluding steroid dienone is 2. The third-order valence-electron chi connectivity index (χ3n) is 14.7.